The van der Waals surface area contributed by atoms with Gasteiger partial charge in [0, 0.05) is 15.6 Å². The van der Waals surface area contributed by atoms with Crippen LogP contribution in [0.4, 0.5) is 0 Å². The lowest BCUT2D eigenvalue weighted by Crippen LogP contribution is -2.08. The molecule has 0 saturated carbocycles. The average molecular weight is 386 g/mol. The molecule has 7 heteroatoms. The van der Waals surface area contributed by atoms with Crippen molar-refractivity contribution < 1.29 is 9.53 Å². The smallest absolute Gasteiger partial charge is 0.360 e. The van der Waals surface area contributed by atoms with Crippen molar-refractivity contribution in [3.05, 3.63) is 69.8 Å². The Kier molecular flexibility index (Phi) is 5.27. The minimum absolute atomic E-state index is 0.0331. The summed E-state index contributed by atoms with van der Waals surface area (Å²) >= 11 is 11.9. The van der Waals surface area contributed by atoms with Gasteiger partial charge >= 0.3 is 5.97 Å². The minimum Gasteiger partial charge on any atom is -0.461 e. The maximum Gasteiger partial charge on any atom is 0.360 e. The molecule has 0 unspecified atom stereocenters. The molecule has 130 valence electrons. The molecule has 3 aromatic rings. The Morgan fingerprint density at radius 3 is 2.23 bits per heavy atom. The van der Waals surface area contributed by atoms with E-state index in [0.717, 1.165) is 0 Å². The summed E-state index contributed by atoms with van der Waals surface area (Å²) in [7, 11) is 0. The zero-order valence-corrected chi connectivity index (χ0v) is 15.3. The molecule has 0 radical (unpaired) electrons. The van der Waals surface area contributed by atoms with Crippen LogP contribution < -0.4 is 0 Å². The summed E-state index contributed by atoms with van der Waals surface area (Å²) in [5.74, 6) is -0.646. The van der Waals surface area contributed by atoms with Crippen LogP contribution in [0.1, 0.15) is 23.0 Å². The van der Waals surface area contributed by atoms with Gasteiger partial charge in [-0.15, -0.1) is 0 Å². The van der Waals surface area contributed by atoms with Crippen LogP contribution >= 0.6 is 23.2 Å². The van der Waals surface area contributed by atoms with Crippen molar-refractivity contribution in [3.63, 3.8) is 0 Å². The topological polar surface area (TPSA) is 67.9 Å². The van der Waals surface area contributed by atoms with Gasteiger partial charge < -0.3 is 4.74 Å². The van der Waals surface area contributed by atoms with Gasteiger partial charge in [0.05, 0.1) is 18.0 Å². The maximum atomic E-state index is 12.3. The van der Waals surface area contributed by atoms with Crippen molar-refractivity contribution in [2.45, 2.75) is 6.92 Å². The van der Waals surface area contributed by atoms with Crippen molar-refractivity contribution in [1.82, 2.24) is 9.78 Å². The fourth-order valence-electron chi connectivity index (χ4n) is 2.51. The summed E-state index contributed by atoms with van der Waals surface area (Å²) < 4.78 is 6.57. The van der Waals surface area contributed by atoms with Crippen molar-refractivity contribution in [2.24, 2.45) is 0 Å². The first-order valence-electron chi connectivity index (χ1n) is 7.77. The number of hydrogen-bond donors (Lipinski definition) is 0. The van der Waals surface area contributed by atoms with E-state index in [4.69, 9.17) is 27.9 Å². The maximum absolute atomic E-state index is 12.3. The highest BCUT2D eigenvalue weighted by Crippen LogP contribution is 2.30. The normalized spacial score (nSPS) is 10.4. The molecule has 0 aliphatic rings. The zero-order chi connectivity index (χ0) is 18.7. The van der Waals surface area contributed by atoms with Gasteiger partial charge in [-0.3, -0.25) is 0 Å². The molecule has 2 aromatic carbocycles. The Morgan fingerprint density at radius 1 is 1.12 bits per heavy atom. The van der Waals surface area contributed by atoms with Gasteiger partial charge in [-0.25, -0.2) is 9.48 Å². The van der Waals surface area contributed by atoms with Crippen LogP contribution in [0.15, 0.2) is 48.5 Å². The molecule has 0 bridgehead atoms. The van der Waals surface area contributed by atoms with E-state index in [1.54, 1.807) is 55.5 Å². The van der Waals surface area contributed by atoms with Crippen molar-refractivity contribution >= 4 is 29.2 Å². The predicted molar refractivity (Wildman–Crippen MR) is 99.7 cm³/mol. The van der Waals surface area contributed by atoms with Gasteiger partial charge in [0.2, 0.25) is 0 Å². The summed E-state index contributed by atoms with van der Waals surface area (Å²) in [6, 6.07) is 16.0. The van der Waals surface area contributed by atoms with Gasteiger partial charge in [-0.2, -0.15) is 10.4 Å². The van der Waals surface area contributed by atoms with Crippen LogP contribution in [0.3, 0.4) is 0 Å². The number of ether oxygens (including phenoxy) is 1. The van der Waals surface area contributed by atoms with Crippen molar-refractivity contribution in [3.8, 4) is 23.0 Å². The molecule has 0 N–H and O–H groups in total. The molecule has 0 amide bonds. The number of esters is 1. The van der Waals surface area contributed by atoms with E-state index >= 15 is 0 Å². The first-order valence-corrected chi connectivity index (χ1v) is 8.53. The Bertz CT molecular complexity index is 987. The van der Waals surface area contributed by atoms with E-state index in [0.29, 0.717) is 27.0 Å². The molecule has 26 heavy (non-hydrogen) atoms. The molecule has 5 nitrogen and oxygen atoms in total. The number of nitriles is 1. The number of carbonyl (C=O) groups excluding carboxylic acids is 1. The lowest BCUT2D eigenvalue weighted by Gasteiger charge is -2.08. The molecule has 0 atom stereocenters. The second kappa shape index (κ2) is 7.61. The van der Waals surface area contributed by atoms with Crippen LogP contribution in [-0.2, 0) is 4.74 Å². The molecule has 3 rings (SSSR count). The third-order valence-electron chi connectivity index (χ3n) is 3.65. The van der Waals surface area contributed by atoms with Crippen molar-refractivity contribution in [1.29, 1.82) is 5.26 Å². The molecule has 0 aliphatic heterocycles. The summed E-state index contributed by atoms with van der Waals surface area (Å²) in [6.07, 6.45) is 0. The van der Waals surface area contributed by atoms with Crippen LogP contribution in [0.2, 0.25) is 10.0 Å². The van der Waals surface area contributed by atoms with Gasteiger partial charge in [-0.05, 0) is 43.3 Å². The standard InChI is InChI=1S/C19H13Cl2N3O2/c1-2-26-19(25)17-16(11-22)18(12-3-5-13(20)6-4-12)24(23-17)15-9-7-14(21)8-10-15/h3-10H,2H2,1H3. The molecular formula is C19H13Cl2N3O2. The quantitative estimate of drug-likeness (QED) is 0.599. The third kappa shape index (κ3) is 3.43. The molecule has 0 spiro atoms. The number of rotatable bonds is 4. The van der Waals surface area contributed by atoms with Crippen LogP contribution in [0.5, 0.6) is 0 Å². The van der Waals surface area contributed by atoms with E-state index in [2.05, 4.69) is 11.2 Å². The van der Waals surface area contributed by atoms with E-state index in [1.807, 2.05) is 0 Å². The van der Waals surface area contributed by atoms with Gasteiger partial charge in [0.25, 0.3) is 0 Å². The summed E-state index contributed by atoms with van der Waals surface area (Å²) in [6.45, 7) is 1.88. The first kappa shape index (κ1) is 18.0. The van der Waals surface area contributed by atoms with Gasteiger partial charge in [-0.1, -0.05) is 35.3 Å². The highest BCUT2D eigenvalue weighted by Gasteiger charge is 2.25. The monoisotopic (exact) mass is 385 g/mol. The molecule has 1 heterocycles. The molecular weight excluding hydrogens is 373 g/mol. The number of aromatic nitrogens is 2. The summed E-state index contributed by atoms with van der Waals surface area (Å²) in [5, 5.41) is 15.2. The Morgan fingerprint density at radius 2 is 1.69 bits per heavy atom. The van der Waals surface area contributed by atoms with Gasteiger partial charge in [0.1, 0.15) is 11.6 Å². The first-order chi connectivity index (χ1) is 12.5. The lowest BCUT2D eigenvalue weighted by molar-refractivity contribution is 0.0518. The number of carbonyl (C=O) groups is 1. The summed E-state index contributed by atoms with van der Waals surface area (Å²) in [4.78, 5) is 12.3. The number of nitrogens with zero attached hydrogens (tertiary/aromatic N) is 3. The Labute approximate surface area is 160 Å². The average Bonchev–Trinajstić information content (AvgIpc) is 3.03. The van der Waals surface area contributed by atoms with Crippen molar-refractivity contribution in [2.75, 3.05) is 6.61 Å². The van der Waals surface area contributed by atoms with E-state index in [-0.39, 0.29) is 17.9 Å². The highest BCUT2D eigenvalue weighted by atomic mass is 35.5. The zero-order valence-electron chi connectivity index (χ0n) is 13.7. The number of halogens is 2. The number of hydrogen-bond acceptors (Lipinski definition) is 4. The second-order valence-electron chi connectivity index (χ2n) is 5.30. The number of benzene rings is 2. The van der Waals surface area contributed by atoms with Crippen LogP contribution in [0.25, 0.3) is 16.9 Å². The largest absolute Gasteiger partial charge is 0.461 e. The predicted octanol–water partition coefficient (Wildman–Crippen LogP) is 4.89. The van der Waals surface area contributed by atoms with Gasteiger partial charge in [0.15, 0.2) is 5.69 Å². The fraction of sp³-hybridized carbons (Fsp3) is 0.105. The Balaban J connectivity index is 2.27. The molecule has 0 saturated heterocycles. The molecule has 1 aromatic heterocycles. The molecule has 0 fully saturated rings. The lowest BCUT2D eigenvalue weighted by atomic mass is 10.1. The minimum atomic E-state index is -0.646. The van der Waals surface area contributed by atoms with Crippen LogP contribution in [-0.4, -0.2) is 22.4 Å². The second-order valence-corrected chi connectivity index (χ2v) is 6.17. The fourth-order valence-corrected chi connectivity index (χ4v) is 2.76. The Hall–Kier alpha value is -2.81. The highest BCUT2D eigenvalue weighted by molar-refractivity contribution is 6.30. The van der Waals surface area contributed by atoms with Crippen LogP contribution in [0, 0.1) is 11.3 Å². The SMILES string of the molecule is CCOC(=O)c1nn(-c2ccc(Cl)cc2)c(-c2ccc(Cl)cc2)c1C#N. The molecule has 0 aliphatic carbocycles. The summed E-state index contributed by atoms with van der Waals surface area (Å²) in [5.41, 5.74) is 1.94. The van der Waals surface area contributed by atoms with E-state index in [1.165, 1.54) is 4.68 Å². The third-order valence-corrected chi connectivity index (χ3v) is 4.16. The van der Waals surface area contributed by atoms with E-state index in [9.17, 15) is 10.1 Å². The van der Waals surface area contributed by atoms with E-state index < -0.39 is 5.97 Å².